The second-order valence-corrected chi connectivity index (χ2v) is 5.36. The summed E-state index contributed by atoms with van der Waals surface area (Å²) < 4.78 is 13.2. The number of nitrogens with zero attached hydrogens (tertiary/aromatic N) is 2. The number of hydrogen-bond donors (Lipinski definition) is 1. The van der Waals surface area contributed by atoms with Gasteiger partial charge in [-0.2, -0.15) is 0 Å². The van der Waals surface area contributed by atoms with Crippen LogP contribution < -0.4 is 5.32 Å². The topological polar surface area (TPSA) is 48.3 Å². The number of rotatable bonds is 7. The molecule has 2 atom stereocenters. The molecule has 0 saturated carbocycles. The quantitative estimate of drug-likeness (QED) is 0.765. The Morgan fingerprint density at radius 3 is 3.16 bits per heavy atom. The summed E-state index contributed by atoms with van der Waals surface area (Å²) in [6, 6.07) is 0.420. The van der Waals surface area contributed by atoms with Gasteiger partial charge in [0, 0.05) is 38.8 Å². The number of hydrogen-bond acceptors (Lipinski definition) is 4. The zero-order valence-corrected chi connectivity index (χ0v) is 12.1. The lowest BCUT2D eigenvalue weighted by Crippen LogP contribution is -2.28. The molecule has 2 unspecified atom stereocenters. The van der Waals surface area contributed by atoms with Gasteiger partial charge in [-0.25, -0.2) is 4.98 Å². The second-order valence-electron chi connectivity index (χ2n) is 5.36. The summed E-state index contributed by atoms with van der Waals surface area (Å²) in [7, 11) is 1.73. The van der Waals surface area contributed by atoms with Crippen molar-refractivity contribution < 1.29 is 9.47 Å². The fourth-order valence-corrected chi connectivity index (χ4v) is 2.60. The standard InChI is InChI=1S/C14H25N3O2/c1-11(2)17-10-16-9-13(17)14-12(4-6-19-14)8-15-5-7-18-3/h9-12,14-15H,4-8H2,1-3H3. The van der Waals surface area contributed by atoms with Gasteiger partial charge in [-0.15, -0.1) is 0 Å². The van der Waals surface area contributed by atoms with Crippen molar-refractivity contribution in [2.75, 3.05) is 33.4 Å². The monoisotopic (exact) mass is 267 g/mol. The molecular weight excluding hydrogens is 242 g/mol. The molecule has 0 bridgehead atoms. The zero-order valence-electron chi connectivity index (χ0n) is 12.1. The molecule has 5 nitrogen and oxygen atoms in total. The lowest BCUT2D eigenvalue weighted by atomic mass is 9.99. The van der Waals surface area contributed by atoms with Gasteiger partial charge in [0.1, 0.15) is 6.10 Å². The van der Waals surface area contributed by atoms with E-state index in [9.17, 15) is 0 Å². The molecule has 0 aromatic carbocycles. The van der Waals surface area contributed by atoms with Crippen molar-refractivity contribution in [3.63, 3.8) is 0 Å². The molecule has 108 valence electrons. The van der Waals surface area contributed by atoms with Gasteiger partial charge in [0.05, 0.1) is 24.8 Å². The summed E-state index contributed by atoms with van der Waals surface area (Å²) in [5, 5.41) is 3.43. The fraction of sp³-hybridized carbons (Fsp3) is 0.786. The molecular formula is C14H25N3O2. The van der Waals surface area contributed by atoms with Crippen LogP contribution in [-0.2, 0) is 9.47 Å². The minimum absolute atomic E-state index is 0.167. The summed E-state index contributed by atoms with van der Waals surface area (Å²) >= 11 is 0. The third kappa shape index (κ3) is 3.55. The molecule has 0 amide bonds. The molecule has 0 aliphatic carbocycles. The second kappa shape index (κ2) is 7.03. The van der Waals surface area contributed by atoms with Gasteiger partial charge in [0.2, 0.25) is 0 Å². The molecule has 1 N–H and O–H groups in total. The number of ether oxygens (including phenoxy) is 2. The maximum Gasteiger partial charge on any atom is 0.103 e. The van der Waals surface area contributed by atoms with Crippen molar-refractivity contribution in [3.8, 4) is 0 Å². The van der Waals surface area contributed by atoms with E-state index in [4.69, 9.17) is 9.47 Å². The highest BCUT2D eigenvalue weighted by Crippen LogP contribution is 2.34. The lowest BCUT2D eigenvalue weighted by Gasteiger charge is -2.22. The van der Waals surface area contributed by atoms with Crippen molar-refractivity contribution in [3.05, 3.63) is 18.2 Å². The fourth-order valence-electron chi connectivity index (χ4n) is 2.60. The van der Waals surface area contributed by atoms with Crippen molar-refractivity contribution in [2.24, 2.45) is 5.92 Å². The van der Waals surface area contributed by atoms with E-state index in [0.29, 0.717) is 12.0 Å². The van der Waals surface area contributed by atoms with Crippen LogP contribution in [0.25, 0.3) is 0 Å². The molecule has 1 aromatic heterocycles. The summed E-state index contributed by atoms with van der Waals surface area (Å²) in [5.74, 6) is 0.519. The molecule has 1 aliphatic heterocycles. The summed E-state index contributed by atoms with van der Waals surface area (Å²) in [5.41, 5.74) is 1.20. The summed E-state index contributed by atoms with van der Waals surface area (Å²) in [4.78, 5) is 4.27. The Kier molecular flexibility index (Phi) is 5.36. The predicted molar refractivity (Wildman–Crippen MR) is 74.2 cm³/mol. The first kappa shape index (κ1) is 14.5. The molecule has 0 radical (unpaired) electrons. The van der Waals surface area contributed by atoms with Crippen molar-refractivity contribution in [1.82, 2.24) is 14.9 Å². The molecule has 19 heavy (non-hydrogen) atoms. The van der Waals surface area contributed by atoms with Crippen LogP contribution in [0.1, 0.15) is 38.1 Å². The number of nitrogens with one attached hydrogen (secondary N) is 1. The van der Waals surface area contributed by atoms with Crippen molar-refractivity contribution in [2.45, 2.75) is 32.4 Å². The van der Waals surface area contributed by atoms with E-state index < -0.39 is 0 Å². The normalized spacial score (nSPS) is 23.4. The summed E-state index contributed by atoms with van der Waals surface area (Å²) in [6.45, 7) is 7.80. The molecule has 1 aromatic rings. The molecule has 1 saturated heterocycles. The Bertz CT molecular complexity index is 379. The number of imidazole rings is 1. The molecule has 5 heteroatoms. The van der Waals surface area contributed by atoms with Crippen LogP contribution in [0.4, 0.5) is 0 Å². The van der Waals surface area contributed by atoms with E-state index in [1.165, 1.54) is 5.69 Å². The van der Waals surface area contributed by atoms with Gasteiger partial charge in [0.15, 0.2) is 0 Å². The predicted octanol–water partition coefficient (Wildman–Crippen LogP) is 1.78. The van der Waals surface area contributed by atoms with Crippen LogP contribution in [0.5, 0.6) is 0 Å². The molecule has 2 heterocycles. The van der Waals surface area contributed by atoms with Crippen LogP contribution in [-0.4, -0.2) is 43.0 Å². The largest absolute Gasteiger partial charge is 0.383 e. The number of aromatic nitrogens is 2. The molecule has 1 aliphatic rings. The highest BCUT2D eigenvalue weighted by Gasteiger charge is 2.31. The van der Waals surface area contributed by atoms with Crippen LogP contribution in [0.15, 0.2) is 12.5 Å². The third-order valence-corrected chi connectivity index (χ3v) is 3.65. The van der Waals surface area contributed by atoms with Crippen LogP contribution in [0.3, 0.4) is 0 Å². The van der Waals surface area contributed by atoms with E-state index >= 15 is 0 Å². The Labute approximate surface area is 115 Å². The van der Waals surface area contributed by atoms with E-state index in [1.54, 1.807) is 7.11 Å². The highest BCUT2D eigenvalue weighted by molar-refractivity contribution is 5.07. The van der Waals surface area contributed by atoms with E-state index in [1.807, 2.05) is 12.5 Å². The lowest BCUT2D eigenvalue weighted by molar-refractivity contribution is 0.0825. The van der Waals surface area contributed by atoms with E-state index in [0.717, 1.165) is 32.7 Å². The van der Waals surface area contributed by atoms with Gasteiger partial charge >= 0.3 is 0 Å². The van der Waals surface area contributed by atoms with Crippen LogP contribution in [0, 0.1) is 5.92 Å². The summed E-state index contributed by atoms with van der Waals surface area (Å²) in [6.07, 6.45) is 5.11. The average Bonchev–Trinajstić information content (AvgIpc) is 3.02. The number of methoxy groups -OCH3 is 1. The molecule has 1 fully saturated rings. The van der Waals surface area contributed by atoms with Crippen molar-refractivity contribution >= 4 is 0 Å². The first-order valence-electron chi connectivity index (χ1n) is 7.07. The minimum atomic E-state index is 0.167. The van der Waals surface area contributed by atoms with Gasteiger partial charge in [-0.3, -0.25) is 0 Å². The Morgan fingerprint density at radius 2 is 2.42 bits per heavy atom. The highest BCUT2D eigenvalue weighted by atomic mass is 16.5. The first-order valence-corrected chi connectivity index (χ1v) is 7.07. The zero-order chi connectivity index (χ0) is 13.7. The van der Waals surface area contributed by atoms with Crippen LogP contribution >= 0.6 is 0 Å². The Balaban J connectivity index is 1.96. The van der Waals surface area contributed by atoms with Gasteiger partial charge in [-0.1, -0.05) is 0 Å². The first-order chi connectivity index (χ1) is 9.24. The van der Waals surface area contributed by atoms with Gasteiger partial charge < -0.3 is 19.4 Å². The van der Waals surface area contributed by atoms with Crippen molar-refractivity contribution in [1.29, 1.82) is 0 Å². The van der Waals surface area contributed by atoms with E-state index in [-0.39, 0.29) is 6.10 Å². The maximum atomic E-state index is 5.93. The van der Waals surface area contributed by atoms with Crippen LogP contribution in [0.2, 0.25) is 0 Å². The Morgan fingerprint density at radius 1 is 1.58 bits per heavy atom. The molecule has 2 rings (SSSR count). The third-order valence-electron chi connectivity index (χ3n) is 3.65. The Hall–Kier alpha value is -0.910. The smallest absolute Gasteiger partial charge is 0.103 e. The minimum Gasteiger partial charge on any atom is -0.383 e. The van der Waals surface area contributed by atoms with Gasteiger partial charge in [0.25, 0.3) is 0 Å². The average molecular weight is 267 g/mol. The molecule has 0 spiro atoms. The SMILES string of the molecule is COCCNCC1CCOC1c1cncn1C(C)C. The van der Waals surface area contributed by atoms with Gasteiger partial charge in [-0.05, 0) is 20.3 Å². The van der Waals surface area contributed by atoms with E-state index in [2.05, 4.69) is 28.7 Å². The maximum absolute atomic E-state index is 5.93.